The first-order valence-electron chi connectivity index (χ1n) is 16.9. The molecule has 1 unspecified atom stereocenters. The number of hydrogen-bond acceptors (Lipinski definition) is 3. The fraction of sp³-hybridized carbons (Fsp3) is 0.0889. The second-order valence-corrected chi connectivity index (χ2v) is 13.4. The minimum atomic E-state index is 0.269. The van der Waals surface area contributed by atoms with E-state index in [9.17, 15) is 0 Å². The third-order valence-corrected chi connectivity index (χ3v) is 10.9. The fourth-order valence-corrected chi connectivity index (χ4v) is 8.70. The Balaban J connectivity index is 1.20. The summed E-state index contributed by atoms with van der Waals surface area (Å²) in [7, 11) is 0. The molecule has 0 spiro atoms. The van der Waals surface area contributed by atoms with Crippen LogP contribution in [0.4, 0.5) is 0 Å². The van der Waals surface area contributed by atoms with E-state index in [-0.39, 0.29) is 5.92 Å². The van der Waals surface area contributed by atoms with Crippen molar-refractivity contribution in [3.05, 3.63) is 178 Å². The molecule has 11 rings (SSSR count). The van der Waals surface area contributed by atoms with E-state index < -0.39 is 0 Å². The Hall–Kier alpha value is -5.93. The van der Waals surface area contributed by atoms with E-state index in [2.05, 4.69) is 127 Å². The zero-order chi connectivity index (χ0) is 31.3. The number of nitrogens with zero attached hydrogens (tertiary/aromatic N) is 3. The van der Waals surface area contributed by atoms with Crippen molar-refractivity contribution in [3.8, 4) is 22.6 Å². The van der Waals surface area contributed by atoms with Crippen LogP contribution in [-0.4, -0.2) is 15.0 Å². The standard InChI is InChI=1S/C45H29N3/c1-2-12-33-26(6-1)22-23-46-44(33)39-25-38(34-20-18-31-17-15-27-7-3-8-29-19-21-36(34)43(31)40(27)29)47-45(48-39)37-24-32-11-4-9-28-14-16-30-10-5-13-35(37)42(30)41(28)32/h1-6,8-9,11-16,18-25,41H,7,10,17H2. The molecule has 2 heterocycles. The Kier molecular flexibility index (Phi) is 5.34. The van der Waals surface area contributed by atoms with Crippen LogP contribution in [0.3, 0.4) is 0 Å². The molecule has 3 heteroatoms. The van der Waals surface area contributed by atoms with Crippen molar-refractivity contribution < 1.29 is 0 Å². The fourth-order valence-electron chi connectivity index (χ4n) is 8.70. The molecule has 1 atom stereocenters. The predicted octanol–water partition coefficient (Wildman–Crippen LogP) is 10.5. The van der Waals surface area contributed by atoms with E-state index in [4.69, 9.17) is 15.0 Å². The molecule has 5 aromatic rings. The topological polar surface area (TPSA) is 38.7 Å². The summed E-state index contributed by atoms with van der Waals surface area (Å²) in [5.41, 5.74) is 17.0. The minimum Gasteiger partial charge on any atom is -0.254 e. The minimum absolute atomic E-state index is 0.269. The summed E-state index contributed by atoms with van der Waals surface area (Å²) >= 11 is 0. The summed E-state index contributed by atoms with van der Waals surface area (Å²) in [5.74, 6) is 1.01. The SMILES string of the molecule is C1=CC2=CC=C3CC=CC4=C3C2C(=C1)C=C4c1nc(-c2nccc3ccccc23)cc(-c2ccc3c4c5c(ccc24)C=CCC5=CC3)n1. The van der Waals surface area contributed by atoms with Crippen LogP contribution in [0.25, 0.3) is 61.4 Å². The van der Waals surface area contributed by atoms with E-state index >= 15 is 0 Å². The third-order valence-electron chi connectivity index (χ3n) is 10.9. The van der Waals surface area contributed by atoms with Gasteiger partial charge in [0.05, 0.1) is 17.1 Å². The second kappa shape index (κ2) is 9.79. The number of allylic oxidation sites excluding steroid dienone is 17. The highest BCUT2D eigenvalue weighted by Crippen LogP contribution is 2.51. The quantitative estimate of drug-likeness (QED) is 0.204. The molecule has 3 nitrogen and oxygen atoms in total. The van der Waals surface area contributed by atoms with Crippen LogP contribution < -0.4 is 0 Å². The van der Waals surface area contributed by atoms with Crippen molar-refractivity contribution >= 4 is 38.8 Å². The lowest BCUT2D eigenvalue weighted by Gasteiger charge is -2.36. The predicted molar refractivity (Wildman–Crippen MR) is 197 cm³/mol. The van der Waals surface area contributed by atoms with E-state index in [1.807, 2.05) is 6.20 Å². The lowest BCUT2D eigenvalue weighted by atomic mass is 9.67. The Bertz CT molecular complexity index is 2620. The maximum absolute atomic E-state index is 5.47. The van der Waals surface area contributed by atoms with Crippen LogP contribution in [0.2, 0.25) is 0 Å². The Morgan fingerprint density at radius 2 is 1.62 bits per heavy atom. The van der Waals surface area contributed by atoms with Gasteiger partial charge in [0.2, 0.25) is 0 Å². The van der Waals surface area contributed by atoms with Crippen LogP contribution in [0, 0.1) is 5.92 Å². The average Bonchev–Trinajstić information content (AvgIpc) is 3.15. The molecule has 0 aliphatic heterocycles. The lowest BCUT2D eigenvalue weighted by Crippen LogP contribution is -2.22. The molecule has 0 bridgehead atoms. The van der Waals surface area contributed by atoms with Crippen molar-refractivity contribution in [2.24, 2.45) is 5.92 Å². The summed E-state index contributed by atoms with van der Waals surface area (Å²) in [6, 6.07) is 21.8. The van der Waals surface area contributed by atoms with Gasteiger partial charge < -0.3 is 0 Å². The summed E-state index contributed by atoms with van der Waals surface area (Å²) in [4.78, 5) is 15.8. The second-order valence-electron chi connectivity index (χ2n) is 13.4. The summed E-state index contributed by atoms with van der Waals surface area (Å²) in [6.07, 6.45) is 30.0. The van der Waals surface area contributed by atoms with Crippen LogP contribution in [0.15, 0.2) is 155 Å². The van der Waals surface area contributed by atoms with Gasteiger partial charge in [-0.05, 0) is 104 Å². The van der Waals surface area contributed by atoms with Gasteiger partial charge in [-0.25, -0.2) is 9.97 Å². The van der Waals surface area contributed by atoms with Crippen LogP contribution in [0.1, 0.15) is 35.4 Å². The summed E-state index contributed by atoms with van der Waals surface area (Å²) < 4.78 is 0. The first kappa shape index (κ1) is 26.2. The highest BCUT2D eigenvalue weighted by Gasteiger charge is 2.36. The van der Waals surface area contributed by atoms with Gasteiger partial charge >= 0.3 is 0 Å². The smallest absolute Gasteiger partial charge is 0.161 e. The number of benzene rings is 3. The molecule has 6 aliphatic carbocycles. The molecule has 2 aromatic heterocycles. The molecule has 0 radical (unpaired) electrons. The number of fused-ring (bicyclic) bond motifs is 1. The van der Waals surface area contributed by atoms with Crippen LogP contribution >= 0.6 is 0 Å². The van der Waals surface area contributed by atoms with Gasteiger partial charge in [-0.15, -0.1) is 0 Å². The van der Waals surface area contributed by atoms with E-state index in [1.165, 1.54) is 60.9 Å². The molecule has 0 saturated heterocycles. The molecule has 0 saturated carbocycles. The first-order valence-corrected chi connectivity index (χ1v) is 16.9. The molecule has 3 aromatic carbocycles. The number of aromatic nitrogens is 3. The van der Waals surface area contributed by atoms with E-state index in [0.29, 0.717) is 0 Å². The third kappa shape index (κ3) is 3.67. The van der Waals surface area contributed by atoms with Gasteiger partial charge in [0.15, 0.2) is 5.82 Å². The zero-order valence-electron chi connectivity index (χ0n) is 26.2. The molecule has 6 aliphatic rings. The molecule has 0 amide bonds. The zero-order valence-corrected chi connectivity index (χ0v) is 26.2. The van der Waals surface area contributed by atoms with Gasteiger partial charge in [0, 0.05) is 28.6 Å². The van der Waals surface area contributed by atoms with Crippen molar-refractivity contribution in [2.45, 2.75) is 19.3 Å². The Morgan fingerprint density at radius 3 is 2.62 bits per heavy atom. The van der Waals surface area contributed by atoms with Crippen molar-refractivity contribution in [1.82, 2.24) is 15.0 Å². The molecular formula is C45H29N3. The van der Waals surface area contributed by atoms with Crippen molar-refractivity contribution in [3.63, 3.8) is 0 Å². The average molecular weight is 612 g/mol. The van der Waals surface area contributed by atoms with Gasteiger partial charge in [-0.2, -0.15) is 0 Å². The monoisotopic (exact) mass is 611 g/mol. The van der Waals surface area contributed by atoms with Gasteiger partial charge in [0.1, 0.15) is 0 Å². The molecular weight excluding hydrogens is 583 g/mol. The van der Waals surface area contributed by atoms with Crippen molar-refractivity contribution in [2.75, 3.05) is 0 Å². The van der Waals surface area contributed by atoms with E-state index in [1.54, 1.807) is 0 Å². The van der Waals surface area contributed by atoms with Gasteiger partial charge in [0.25, 0.3) is 0 Å². The Labute approximate surface area is 278 Å². The highest BCUT2D eigenvalue weighted by atomic mass is 14.9. The molecule has 48 heavy (non-hydrogen) atoms. The maximum Gasteiger partial charge on any atom is 0.161 e. The van der Waals surface area contributed by atoms with Crippen LogP contribution in [0.5, 0.6) is 0 Å². The summed E-state index contributed by atoms with van der Waals surface area (Å²) in [5, 5.41) is 4.85. The van der Waals surface area contributed by atoms with E-state index in [0.717, 1.165) is 64.1 Å². The van der Waals surface area contributed by atoms with Crippen molar-refractivity contribution in [1.29, 1.82) is 0 Å². The highest BCUT2D eigenvalue weighted by molar-refractivity contribution is 6.08. The van der Waals surface area contributed by atoms with Gasteiger partial charge in [-0.1, -0.05) is 109 Å². The normalized spacial score (nSPS) is 19.5. The largest absolute Gasteiger partial charge is 0.254 e. The number of rotatable bonds is 3. The van der Waals surface area contributed by atoms with Crippen LogP contribution in [-0.2, 0) is 6.42 Å². The Morgan fingerprint density at radius 1 is 0.708 bits per heavy atom. The molecule has 0 fully saturated rings. The molecule has 224 valence electrons. The first-order chi connectivity index (χ1) is 23.8. The lowest BCUT2D eigenvalue weighted by molar-refractivity contribution is 0.832. The maximum atomic E-state index is 5.47. The number of pyridine rings is 1. The van der Waals surface area contributed by atoms with Gasteiger partial charge in [-0.3, -0.25) is 4.98 Å². The summed E-state index contributed by atoms with van der Waals surface area (Å²) in [6.45, 7) is 0. The molecule has 0 N–H and O–H groups in total. The number of hydrogen-bond donors (Lipinski definition) is 0.